The lowest BCUT2D eigenvalue weighted by molar-refractivity contribution is -0.126. The maximum atomic E-state index is 12.0. The lowest BCUT2D eigenvalue weighted by Crippen LogP contribution is -2.39. The Morgan fingerprint density at radius 2 is 1.76 bits per heavy atom. The van der Waals surface area contributed by atoms with Crippen LogP contribution in [0.25, 0.3) is 0 Å². The number of ether oxygens (including phenoxy) is 1. The molecule has 4 nitrogen and oxygen atoms in total. The molecule has 0 spiro atoms. The van der Waals surface area contributed by atoms with E-state index in [9.17, 15) is 9.59 Å². The molecule has 1 aliphatic rings. The van der Waals surface area contributed by atoms with Crippen molar-refractivity contribution in [3.8, 4) is 0 Å². The molecule has 0 heterocycles. The molecule has 0 bridgehead atoms. The molecule has 1 saturated carbocycles. The van der Waals surface area contributed by atoms with E-state index in [2.05, 4.69) is 5.32 Å². The van der Waals surface area contributed by atoms with E-state index in [-0.39, 0.29) is 17.7 Å². The summed E-state index contributed by atoms with van der Waals surface area (Å²) in [4.78, 5) is 23.4. The van der Waals surface area contributed by atoms with Crippen LogP contribution in [0.15, 0.2) is 0 Å². The predicted molar refractivity (Wildman–Crippen MR) is 65.8 cm³/mol. The third-order valence-corrected chi connectivity index (χ3v) is 3.17. The van der Waals surface area contributed by atoms with Crippen molar-refractivity contribution < 1.29 is 14.3 Å². The molecule has 0 radical (unpaired) electrons. The van der Waals surface area contributed by atoms with Crippen LogP contribution < -0.4 is 5.32 Å². The Morgan fingerprint density at radius 1 is 1.24 bits per heavy atom. The molecule has 4 heteroatoms. The minimum Gasteiger partial charge on any atom is -0.444 e. The van der Waals surface area contributed by atoms with Crippen LogP contribution in [-0.4, -0.2) is 24.0 Å². The van der Waals surface area contributed by atoms with E-state index in [0.29, 0.717) is 0 Å². The maximum Gasteiger partial charge on any atom is 0.408 e. The molecule has 1 aliphatic carbocycles. The van der Waals surface area contributed by atoms with Gasteiger partial charge in [-0.15, -0.1) is 0 Å². The molecule has 98 valence electrons. The fourth-order valence-electron chi connectivity index (χ4n) is 2.11. The van der Waals surface area contributed by atoms with Crippen molar-refractivity contribution in [2.24, 2.45) is 5.41 Å². The Labute approximate surface area is 103 Å². The number of alkyl carbamates (subject to hydrolysis) is 1. The minimum atomic E-state index is -0.523. The number of nitrogens with one attached hydrogen (secondary N) is 1. The summed E-state index contributed by atoms with van der Waals surface area (Å²) in [6.45, 7) is 7.45. The highest BCUT2D eigenvalue weighted by Crippen LogP contribution is 2.38. The summed E-state index contributed by atoms with van der Waals surface area (Å²) in [5.74, 6) is 0.112. The molecule has 0 aromatic carbocycles. The Bertz CT molecular complexity index is 298. The van der Waals surface area contributed by atoms with Crippen molar-refractivity contribution >= 4 is 11.9 Å². The zero-order valence-corrected chi connectivity index (χ0v) is 11.3. The molecule has 0 aromatic rings. The van der Waals surface area contributed by atoms with E-state index in [0.717, 1.165) is 25.7 Å². The normalized spacial score (nSPS) is 18.8. The number of amides is 1. The summed E-state index contributed by atoms with van der Waals surface area (Å²) in [6.07, 6.45) is 3.56. The molecule has 1 N–H and O–H groups in total. The summed E-state index contributed by atoms with van der Waals surface area (Å²) in [5, 5.41) is 2.53. The second-order valence-corrected chi connectivity index (χ2v) is 6.05. The van der Waals surface area contributed by atoms with Crippen molar-refractivity contribution in [1.82, 2.24) is 5.32 Å². The van der Waals surface area contributed by atoms with Gasteiger partial charge in [0.05, 0.1) is 6.54 Å². The molecule has 0 unspecified atom stereocenters. The van der Waals surface area contributed by atoms with Gasteiger partial charge in [-0.25, -0.2) is 4.79 Å². The van der Waals surface area contributed by atoms with Crippen molar-refractivity contribution in [2.45, 2.75) is 59.0 Å². The highest BCUT2D eigenvalue weighted by Gasteiger charge is 2.35. The number of hydrogen-bond acceptors (Lipinski definition) is 3. The van der Waals surface area contributed by atoms with E-state index in [4.69, 9.17) is 4.74 Å². The molecule has 17 heavy (non-hydrogen) atoms. The number of Topliss-reactive ketones (excluding diaryl/α,β-unsaturated/α-hetero) is 1. The highest BCUT2D eigenvalue weighted by molar-refractivity contribution is 5.88. The summed E-state index contributed by atoms with van der Waals surface area (Å²) in [7, 11) is 0. The average molecular weight is 241 g/mol. The quantitative estimate of drug-likeness (QED) is 0.826. The van der Waals surface area contributed by atoms with Crippen molar-refractivity contribution in [3.05, 3.63) is 0 Å². The van der Waals surface area contributed by atoms with Gasteiger partial charge in [-0.1, -0.05) is 19.8 Å². The smallest absolute Gasteiger partial charge is 0.408 e. The Balaban J connectivity index is 2.36. The summed E-state index contributed by atoms with van der Waals surface area (Å²) in [5.41, 5.74) is -0.764. The van der Waals surface area contributed by atoms with Crippen molar-refractivity contribution in [2.75, 3.05) is 6.54 Å². The SMILES string of the molecule is CC(C)(C)OC(=O)NCC(=O)C1(C)CCCC1. The zero-order chi connectivity index (χ0) is 13.1. The van der Waals surface area contributed by atoms with Crippen LogP contribution in [-0.2, 0) is 9.53 Å². The number of rotatable bonds is 3. The standard InChI is InChI=1S/C13H23NO3/c1-12(2,3)17-11(16)14-9-10(15)13(4)7-5-6-8-13/h5-9H2,1-4H3,(H,14,16). The topological polar surface area (TPSA) is 55.4 Å². The maximum absolute atomic E-state index is 12.0. The van der Waals surface area contributed by atoms with Gasteiger partial charge >= 0.3 is 6.09 Å². The molecule has 0 aliphatic heterocycles. The lowest BCUT2D eigenvalue weighted by atomic mass is 9.84. The molecule has 1 rings (SSSR count). The number of carbonyl (C=O) groups excluding carboxylic acids is 2. The van der Waals surface area contributed by atoms with Crippen LogP contribution >= 0.6 is 0 Å². The van der Waals surface area contributed by atoms with Crippen molar-refractivity contribution in [3.63, 3.8) is 0 Å². The predicted octanol–water partition coefficient (Wildman–Crippen LogP) is 2.66. The molecule has 0 saturated heterocycles. The first-order valence-electron chi connectivity index (χ1n) is 6.23. The van der Waals surface area contributed by atoms with Gasteiger partial charge in [0.1, 0.15) is 5.60 Å². The Kier molecular flexibility index (Phi) is 4.17. The summed E-state index contributed by atoms with van der Waals surface area (Å²) >= 11 is 0. The van der Waals surface area contributed by atoms with E-state index in [1.54, 1.807) is 20.8 Å². The molecular formula is C13H23NO3. The number of hydrogen-bond donors (Lipinski definition) is 1. The van der Waals surface area contributed by atoms with Gasteiger partial charge in [-0.05, 0) is 33.6 Å². The molecular weight excluding hydrogens is 218 g/mol. The van der Waals surface area contributed by atoms with Gasteiger partial charge in [-0.3, -0.25) is 4.79 Å². The molecule has 0 aromatic heterocycles. The van der Waals surface area contributed by atoms with Gasteiger partial charge in [0.2, 0.25) is 0 Å². The molecule has 0 atom stereocenters. The third kappa shape index (κ3) is 4.36. The van der Waals surface area contributed by atoms with E-state index >= 15 is 0 Å². The van der Waals surface area contributed by atoms with Gasteiger partial charge in [0.25, 0.3) is 0 Å². The average Bonchev–Trinajstić information content (AvgIpc) is 2.60. The van der Waals surface area contributed by atoms with E-state index in [1.165, 1.54) is 0 Å². The minimum absolute atomic E-state index is 0.0748. The van der Waals surface area contributed by atoms with Crippen molar-refractivity contribution in [1.29, 1.82) is 0 Å². The summed E-state index contributed by atoms with van der Waals surface area (Å²) < 4.78 is 5.08. The fraction of sp³-hybridized carbons (Fsp3) is 0.846. The Morgan fingerprint density at radius 3 is 2.24 bits per heavy atom. The monoisotopic (exact) mass is 241 g/mol. The highest BCUT2D eigenvalue weighted by atomic mass is 16.6. The zero-order valence-electron chi connectivity index (χ0n) is 11.3. The van der Waals surface area contributed by atoms with Crippen LogP contribution in [0.5, 0.6) is 0 Å². The fourth-order valence-corrected chi connectivity index (χ4v) is 2.11. The van der Waals surface area contributed by atoms with Crippen LogP contribution in [0.4, 0.5) is 4.79 Å². The third-order valence-electron chi connectivity index (χ3n) is 3.17. The van der Waals surface area contributed by atoms with Crippen LogP contribution in [0, 0.1) is 5.41 Å². The number of carbonyl (C=O) groups is 2. The first kappa shape index (κ1) is 14.0. The first-order valence-corrected chi connectivity index (χ1v) is 6.23. The van der Waals surface area contributed by atoms with Crippen LogP contribution in [0.3, 0.4) is 0 Å². The van der Waals surface area contributed by atoms with Gasteiger partial charge in [0, 0.05) is 5.41 Å². The van der Waals surface area contributed by atoms with Gasteiger partial charge < -0.3 is 10.1 Å². The number of ketones is 1. The van der Waals surface area contributed by atoms with E-state index < -0.39 is 11.7 Å². The second-order valence-electron chi connectivity index (χ2n) is 6.05. The van der Waals surface area contributed by atoms with Gasteiger partial charge in [-0.2, -0.15) is 0 Å². The first-order chi connectivity index (χ1) is 7.73. The van der Waals surface area contributed by atoms with Gasteiger partial charge in [0.15, 0.2) is 5.78 Å². The largest absolute Gasteiger partial charge is 0.444 e. The lowest BCUT2D eigenvalue weighted by Gasteiger charge is -2.23. The Hall–Kier alpha value is -1.06. The molecule has 1 amide bonds. The summed E-state index contributed by atoms with van der Waals surface area (Å²) in [6, 6.07) is 0. The van der Waals surface area contributed by atoms with Crippen LogP contribution in [0.1, 0.15) is 53.4 Å². The molecule has 1 fully saturated rings. The van der Waals surface area contributed by atoms with Crippen LogP contribution in [0.2, 0.25) is 0 Å². The second kappa shape index (κ2) is 5.07. The van der Waals surface area contributed by atoms with E-state index in [1.807, 2.05) is 6.92 Å².